The van der Waals surface area contributed by atoms with E-state index in [0.29, 0.717) is 12.2 Å². The van der Waals surface area contributed by atoms with E-state index in [1.54, 1.807) is 42.5 Å². The molecule has 28 heavy (non-hydrogen) atoms. The number of rotatable bonds is 11. The highest BCUT2D eigenvalue weighted by Crippen LogP contribution is 2.24. The molecule has 6 heteroatoms. The maximum absolute atomic E-state index is 13.3. The van der Waals surface area contributed by atoms with Crippen LogP contribution in [0.5, 0.6) is 0 Å². The van der Waals surface area contributed by atoms with Crippen molar-refractivity contribution in [3.63, 3.8) is 0 Å². The monoisotopic (exact) mass is 404 g/mol. The van der Waals surface area contributed by atoms with Crippen LogP contribution in [-0.4, -0.2) is 50.7 Å². The van der Waals surface area contributed by atoms with E-state index >= 15 is 0 Å². The number of aliphatic hydroxyl groups is 1. The molecular weight excluding hydrogens is 372 g/mol. The summed E-state index contributed by atoms with van der Waals surface area (Å²) in [6.07, 6.45) is 1.21. The van der Waals surface area contributed by atoms with E-state index in [0.717, 1.165) is 31.5 Å². The molecule has 1 atom stereocenters. The highest BCUT2D eigenvalue weighted by Gasteiger charge is 2.27. The highest BCUT2D eigenvalue weighted by atomic mass is 32.2. The first kappa shape index (κ1) is 22.4. The number of hydrogen-bond donors (Lipinski definition) is 1. The van der Waals surface area contributed by atoms with Gasteiger partial charge in [-0.2, -0.15) is 0 Å². The van der Waals surface area contributed by atoms with Crippen LogP contribution in [0.25, 0.3) is 0 Å². The van der Waals surface area contributed by atoms with Gasteiger partial charge in [-0.25, -0.2) is 8.42 Å². The molecule has 0 aliphatic heterocycles. The molecule has 0 aliphatic rings. The molecule has 0 radical (unpaired) electrons. The Bertz CT molecular complexity index is 801. The summed E-state index contributed by atoms with van der Waals surface area (Å²) in [4.78, 5) is 2.41. The second-order valence-corrected chi connectivity index (χ2v) is 9.00. The Morgan fingerprint density at radius 3 is 2.00 bits per heavy atom. The molecule has 0 amide bonds. The van der Waals surface area contributed by atoms with E-state index in [4.69, 9.17) is 0 Å². The topological polar surface area (TPSA) is 60.9 Å². The lowest BCUT2D eigenvalue weighted by molar-refractivity contribution is 0.119. The van der Waals surface area contributed by atoms with Crippen molar-refractivity contribution in [2.24, 2.45) is 0 Å². The number of sulfonamides is 1. The third-order valence-electron chi connectivity index (χ3n) is 4.58. The summed E-state index contributed by atoms with van der Waals surface area (Å²) >= 11 is 0. The predicted octanol–water partition coefficient (Wildman–Crippen LogP) is 3.67. The summed E-state index contributed by atoms with van der Waals surface area (Å²) in [5.41, 5.74) is 1.62. The van der Waals surface area contributed by atoms with Gasteiger partial charge in [0.2, 0.25) is 0 Å². The van der Waals surface area contributed by atoms with Crippen LogP contribution in [0.4, 0.5) is 5.69 Å². The summed E-state index contributed by atoms with van der Waals surface area (Å²) in [6, 6.07) is 15.7. The number of benzene rings is 2. The second kappa shape index (κ2) is 10.6. The molecule has 2 rings (SSSR count). The lowest BCUT2D eigenvalue weighted by Crippen LogP contribution is -2.43. The van der Waals surface area contributed by atoms with Crippen molar-refractivity contribution >= 4 is 15.7 Å². The van der Waals surface area contributed by atoms with Gasteiger partial charge in [0.25, 0.3) is 10.0 Å². The van der Waals surface area contributed by atoms with Crippen LogP contribution < -0.4 is 4.31 Å². The van der Waals surface area contributed by atoms with Crippen molar-refractivity contribution in [3.05, 3.63) is 60.2 Å². The van der Waals surface area contributed by atoms with Gasteiger partial charge in [0.05, 0.1) is 23.2 Å². The minimum Gasteiger partial charge on any atom is -0.390 e. The standard InChI is InChI=1S/C22H32N2O3S/c1-4-15-23(16-5-2)17-21(25)18-24(20-13-11-19(3)12-14-20)28(26,27)22-9-7-6-8-10-22/h6-14,21,25H,4-5,15-18H2,1-3H3/t21-/m1/s1. The molecule has 0 spiro atoms. The summed E-state index contributed by atoms with van der Waals surface area (Å²) in [6.45, 7) is 8.42. The molecule has 0 bridgehead atoms. The number of anilines is 1. The highest BCUT2D eigenvalue weighted by molar-refractivity contribution is 7.92. The van der Waals surface area contributed by atoms with Crippen molar-refractivity contribution in [1.29, 1.82) is 0 Å². The lowest BCUT2D eigenvalue weighted by atomic mass is 10.2. The molecule has 2 aromatic carbocycles. The molecule has 0 fully saturated rings. The Kier molecular flexibility index (Phi) is 8.48. The maximum atomic E-state index is 13.3. The van der Waals surface area contributed by atoms with E-state index in [1.165, 1.54) is 4.31 Å². The third kappa shape index (κ3) is 6.06. The Balaban J connectivity index is 2.30. The SMILES string of the molecule is CCCN(CCC)C[C@@H](O)CN(c1ccc(C)cc1)S(=O)(=O)c1ccccc1. The summed E-state index contributed by atoms with van der Waals surface area (Å²) < 4.78 is 27.9. The molecule has 2 aromatic rings. The van der Waals surface area contributed by atoms with Gasteiger partial charge in [-0.05, 0) is 57.1 Å². The normalized spacial score (nSPS) is 12.9. The van der Waals surface area contributed by atoms with E-state index in [-0.39, 0.29) is 11.4 Å². The molecule has 1 N–H and O–H groups in total. The van der Waals surface area contributed by atoms with Gasteiger partial charge in [0, 0.05) is 6.54 Å². The second-order valence-electron chi connectivity index (χ2n) is 7.14. The Morgan fingerprint density at radius 1 is 0.893 bits per heavy atom. The van der Waals surface area contributed by atoms with Crippen molar-refractivity contribution in [2.75, 3.05) is 30.5 Å². The van der Waals surface area contributed by atoms with E-state index in [9.17, 15) is 13.5 Å². The molecule has 5 nitrogen and oxygen atoms in total. The smallest absolute Gasteiger partial charge is 0.264 e. The van der Waals surface area contributed by atoms with Gasteiger partial charge in [-0.3, -0.25) is 4.31 Å². The van der Waals surface area contributed by atoms with Crippen LogP contribution >= 0.6 is 0 Å². The lowest BCUT2D eigenvalue weighted by Gasteiger charge is -2.30. The van der Waals surface area contributed by atoms with Crippen molar-refractivity contribution in [2.45, 2.75) is 44.6 Å². The van der Waals surface area contributed by atoms with Crippen LogP contribution in [0.3, 0.4) is 0 Å². The summed E-state index contributed by atoms with van der Waals surface area (Å²) in [7, 11) is -3.77. The van der Waals surface area contributed by atoms with Crippen LogP contribution in [0, 0.1) is 6.92 Å². The van der Waals surface area contributed by atoms with E-state index in [1.807, 2.05) is 19.1 Å². The zero-order chi connectivity index (χ0) is 20.6. The van der Waals surface area contributed by atoms with Gasteiger partial charge in [0.15, 0.2) is 0 Å². The molecule has 154 valence electrons. The quantitative estimate of drug-likeness (QED) is 0.621. The first-order valence-electron chi connectivity index (χ1n) is 9.93. The Morgan fingerprint density at radius 2 is 1.46 bits per heavy atom. The minimum atomic E-state index is -3.77. The zero-order valence-electron chi connectivity index (χ0n) is 17.1. The van der Waals surface area contributed by atoms with Crippen molar-refractivity contribution in [3.8, 4) is 0 Å². The molecule has 0 aromatic heterocycles. The number of hydrogen-bond acceptors (Lipinski definition) is 4. The fraction of sp³-hybridized carbons (Fsp3) is 0.455. The summed E-state index contributed by atoms with van der Waals surface area (Å²) in [5.74, 6) is 0. The van der Waals surface area contributed by atoms with Gasteiger partial charge in [0.1, 0.15) is 0 Å². The van der Waals surface area contributed by atoms with E-state index in [2.05, 4.69) is 18.7 Å². The van der Waals surface area contributed by atoms with Crippen LogP contribution in [0.1, 0.15) is 32.3 Å². The Hall–Kier alpha value is -1.89. The van der Waals surface area contributed by atoms with Crippen molar-refractivity contribution in [1.82, 2.24) is 4.90 Å². The molecule has 0 heterocycles. The van der Waals surface area contributed by atoms with Crippen LogP contribution in [0.2, 0.25) is 0 Å². The van der Waals surface area contributed by atoms with Crippen molar-refractivity contribution < 1.29 is 13.5 Å². The first-order valence-corrected chi connectivity index (χ1v) is 11.4. The van der Waals surface area contributed by atoms with E-state index < -0.39 is 16.1 Å². The number of aryl methyl sites for hydroxylation is 1. The average molecular weight is 405 g/mol. The molecular formula is C22H32N2O3S. The predicted molar refractivity (Wildman–Crippen MR) is 115 cm³/mol. The first-order chi connectivity index (χ1) is 13.4. The molecule has 0 unspecified atom stereocenters. The van der Waals surface area contributed by atoms with Gasteiger partial charge in [-0.1, -0.05) is 49.7 Å². The Labute approximate surface area is 169 Å². The van der Waals surface area contributed by atoms with Crippen LogP contribution in [0.15, 0.2) is 59.5 Å². The molecule has 0 saturated heterocycles. The van der Waals surface area contributed by atoms with Gasteiger partial charge < -0.3 is 10.0 Å². The fourth-order valence-electron chi connectivity index (χ4n) is 3.25. The van der Waals surface area contributed by atoms with Gasteiger partial charge in [-0.15, -0.1) is 0 Å². The molecule has 0 aliphatic carbocycles. The minimum absolute atomic E-state index is 0.0181. The fourth-order valence-corrected chi connectivity index (χ4v) is 4.77. The van der Waals surface area contributed by atoms with Crippen LogP contribution in [-0.2, 0) is 10.0 Å². The third-order valence-corrected chi connectivity index (χ3v) is 6.39. The number of nitrogens with zero attached hydrogens (tertiary/aromatic N) is 2. The summed E-state index contributed by atoms with van der Waals surface area (Å²) in [5, 5.41) is 10.7. The molecule has 0 saturated carbocycles. The van der Waals surface area contributed by atoms with Gasteiger partial charge >= 0.3 is 0 Å². The number of aliphatic hydroxyl groups excluding tert-OH is 1. The largest absolute Gasteiger partial charge is 0.390 e. The average Bonchev–Trinajstić information content (AvgIpc) is 2.68. The maximum Gasteiger partial charge on any atom is 0.264 e. The zero-order valence-corrected chi connectivity index (χ0v) is 17.9.